The van der Waals surface area contributed by atoms with E-state index in [0.29, 0.717) is 19.3 Å². The normalized spacial score (nSPS) is 11.8. The van der Waals surface area contributed by atoms with Crippen LogP contribution in [-0.4, -0.2) is 37.2 Å². The first-order chi connectivity index (χ1) is 25.0. The Morgan fingerprint density at radius 3 is 0.784 bits per heavy atom. The van der Waals surface area contributed by atoms with Crippen molar-refractivity contribution in [2.75, 3.05) is 13.2 Å². The van der Waals surface area contributed by atoms with Gasteiger partial charge in [0.2, 0.25) is 0 Å². The van der Waals surface area contributed by atoms with Crippen LogP contribution in [-0.2, 0) is 28.6 Å². The predicted octanol–water partition coefficient (Wildman–Crippen LogP) is 14.1. The first-order valence-electron chi connectivity index (χ1n) is 22.5. The molecular weight excluding hydrogens is 636 g/mol. The van der Waals surface area contributed by atoms with E-state index in [2.05, 4.69) is 20.8 Å². The van der Waals surface area contributed by atoms with Gasteiger partial charge in [-0.15, -0.1) is 0 Å². The van der Waals surface area contributed by atoms with Crippen LogP contribution in [0, 0.1) is 0 Å². The third-order valence-corrected chi connectivity index (χ3v) is 10.1. The van der Waals surface area contributed by atoms with Crippen molar-refractivity contribution in [2.24, 2.45) is 0 Å². The summed E-state index contributed by atoms with van der Waals surface area (Å²) in [6.07, 6.45) is 40.9. The Bertz CT molecular complexity index is 753. The summed E-state index contributed by atoms with van der Waals surface area (Å²) in [6.45, 7) is 6.61. The van der Waals surface area contributed by atoms with E-state index in [0.717, 1.165) is 57.8 Å². The van der Waals surface area contributed by atoms with Gasteiger partial charge in [0.05, 0.1) is 0 Å². The molecule has 0 amide bonds. The van der Waals surface area contributed by atoms with Crippen LogP contribution in [0.25, 0.3) is 0 Å². The molecule has 0 aliphatic heterocycles. The molecule has 0 aliphatic rings. The second kappa shape index (κ2) is 41.2. The first-order valence-corrected chi connectivity index (χ1v) is 22.5. The van der Waals surface area contributed by atoms with Crippen molar-refractivity contribution >= 4 is 17.9 Å². The van der Waals surface area contributed by atoms with Crippen molar-refractivity contribution in [1.82, 2.24) is 0 Å². The van der Waals surface area contributed by atoms with Crippen molar-refractivity contribution in [3.8, 4) is 0 Å². The highest BCUT2D eigenvalue weighted by molar-refractivity contribution is 5.71. The van der Waals surface area contributed by atoms with Gasteiger partial charge in [-0.1, -0.05) is 213 Å². The Kier molecular flexibility index (Phi) is 39.9. The molecule has 0 radical (unpaired) electrons. The maximum Gasteiger partial charge on any atom is 0.306 e. The molecule has 0 aromatic rings. The van der Waals surface area contributed by atoms with Crippen molar-refractivity contribution in [1.29, 1.82) is 0 Å². The van der Waals surface area contributed by atoms with E-state index in [1.54, 1.807) is 0 Å². The molecule has 0 saturated carbocycles. The number of hydrogen-bond donors (Lipinski definition) is 0. The number of hydrogen-bond acceptors (Lipinski definition) is 6. The number of ether oxygens (including phenoxy) is 3. The molecule has 0 spiro atoms. The Balaban J connectivity index is 4.25. The van der Waals surface area contributed by atoms with E-state index in [-0.39, 0.29) is 31.1 Å². The van der Waals surface area contributed by atoms with E-state index in [9.17, 15) is 14.4 Å². The lowest BCUT2D eigenvalue weighted by Crippen LogP contribution is -2.30. The molecule has 0 heterocycles. The second-order valence-corrected chi connectivity index (χ2v) is 15.3. The van der Waals surface area contributed by atoms with Crippen LogP contribution in [0.15, 0.2) is 0 Å². The van der Waals surface area contributed by atoms with Gasteiger partial charge in [-0.2, -0.15) is 0 Å². The molecule has 0 aromatic carbocycles. The molecule has 6 heteroatoms. The quantitative estimate of drug-likeness (QED) is 0.0355. The number of esters is 3. The highest BCUT2D eigenvalue weighted by atomic mass is 16.6. The summed E-state index contributed by atoms with van der Waals surface area (Å²) >= 11 is 0. The van der Waals surface area contributed by atoms with Gasteiger partial charge in [0, 0.05) is 19.3 Å². The van der Waals surface area contributed by atoms with Crippen LogP contribution in [0.3, 0.4) is 0 Å². The summed E-state index contributed by atoms with van der Waals surface area (Å²) in [6, 6.07) is 0. The fourth-order valence-electron chi connectivity index (χ4n) is 6.68. The summed E-state index contributed by atoms with van der Waals surface area (Å²) in [5.74, 6) is -0.857. The maximum absolute atomic E-state index is 12.6. The molecule has 51 heavy (non-hydrogen) atoms. The standard InChI is InChI=1S/C45H86O6/c1-4-7-10-13-16-19-20-21-22-23-24-27-29-32-35-38-44(47)50-41-42(51-45(48)39-36-33-30-26-18-15-12-9-6-3)40-49-43(46)37-34-31-28-25-17-14-11-8-5-2/h42H,4-41H2,1-3H3. The summed E-state index contributed by atoms with van der Waals surface area (Å²) in [5, 5.41) is 0. The second-order valence-electron chi connectivity index (χ2n) is 15.3. The van der Waals surface area contributed by atoms with Crippen molar-refractivity contribution in [3.63, 3.8) is 0 Å². The minimum Gasteiger partial charge on any atom is -0.462 e. The van der Waals surface area contributed by atoms with Gasteiger partial charge in [0.1, 0.15) is 13.2 Å². The molecule has 0 N–H and O–H groups in total. The van der Waals surface area contributed by atoms with E-state index >= 15 is 0 Å². The summed E-state index contributed by atoms with van der Waals surface area (Å²) in [5.41, 5.74) is 0. The van der Waals surface area contributed by atoms with Crippen LogP contribution in [0.4, 0.5) is 0 Å². The molecule has 1 unspecified atom stereocenters. The molecule has 0 bridgehead atoms. The SMILES string of the molecule is CCCCCCCCCCCCCCCCCC(=O)OCC(COC(=O)CCCCCCCCCCC)OC(=O)CCCCCCCCCCC. The Hall–Kier alpha value is -1.59. The van der Waals surface area contributed by atoms with E-state index in [1.165, 1.54) is 154 Å². The van der Waals surface area contributed by atoms with Crippen molar-refractivity contribution in [3.05, 3.63) is 0 Å². The lowest BCUT2D eigenvalue weighted by Gasteiger charge is -2.18. The summed E-state index contributed by atoms with van der Waals surface area (Å²) in [4.78, 5) is 37.6. The van der Waals surface area contributed by atoms with Crippen molar-refractivity contribution in [2.45, 2.75) is 258 Å². The van der Waals surface area contributed by atoms with Crippen LogP contribution in [0.5, 0.6) is 0 Å². The molecule has 0 aromatic heterocycles. The van der Waals surface area contributed by atoms with Crippen LogP contribution in [0.2, 0.25) is 0 Å². The van der Waals surface area contributed by atoms with Gasteiger partial charge >= 0.3 is 17.9 Å². The van der Waals surface area contributed by atoms with Crippen LogP contribution in [0.1, 0.15) is 252 Å². The lowest BCUT2D eigenvalue weighted by atomic mass is 10.0. The number of carbonyl (C=O) groups excluding carboxylic acids is 3. The molecule has 6 nitrogen and oxygen atoms in total. The third kappa shape index (κ3) is 39.5. The van der Waals surface area contributed by atoms with Gasteiger partial charge in [-0.3, -0.25) is 14.4 Å². The van der Waals surface area contributed by atoms with Gasteiger partial charge in [-0.05, 0) is 19.3 Å². The van der Waals surface area contributed by atoms with E-state index < -0.39 is 6.10 Å². The van der Waals surface area contributed by atoms with E-state index in [1.807, 2.05) is 0 Å². The minimum atomic E-state index is -0.756. The Morgan fingerprint density at radius 2 is 0.529 bits per heavy atom. The van der Waals surface area contributed by atoms with Crippen LogP contribution < -0.4 is 0 Å². The fourth-order valence-corrected chi connectivity index (χ4v) is 6.68. The number of carbonyl (C=O) groups is 3. The highest BCUT2D eigenvalue weighted by Crippen LogP contribution is 2.15. The Labute approximate surface area is 317 Å². The van der Waals surface area contributed by atoms with Crippen LogP contribution >= 0.6 is 0 Å². The van der Waals surface area contributed by atoms with Gasteiger partial charge in [-0.25, -0.2) is 0 Å². The largest absolute Gasteiger partial charge is 0.462 e. The molecule has 0 aliphatic carbocycles. The number of rotatable bonds is 41. The van der Waals surface area contributed by atoms with Crippen molar-refractivity contribution < 1.29 is 28.6 Å². The Morgan fingerprint density at radius 1 is 0.314 bits per heavy atom. The first kappa shape index (κ1) is 49.4. The highest BCUT2D eigenvalue weighted by Gasteiger charge is 2.19. The minimum absolute atomic E-state index is 0.0631. The molecule has 0 saturated heterocycles. The summed E-state index contributed by atoms with van der Waals surface area (Å²) < 4.78 is 16.7. The van der Waals surface area contributed by atoms with Gasteiger partial charge in [0.25, 0.3) is 0 Å². The predicted molar refractivity (Wildman–Crippen MR) is 215 cm³/mol. The smallest absolute Gasteiger partial charge is 0.306 e. The topological polar surface area (TPSA) is 78.9 Å². The zero-order valence-corrected chi connectivity index (χ0v) is 34.4. The molecule has 0 fully saturated rings. The fraction of sp³-hybridized carbons (Fsp3) is 0.933. The average Bonchev–Trinajstić information content (AvgIpc) is 3.12. The molecule has 302 valence electrons. The maximum atomic E-state index is 12.6. The third-order valence-electron chi connectivity index (χ3n) is 10.1. The zero-order chi connectivity index (χ0) is 37.3. The lowest BCUT2D eigenvalue weighted by molar-refractivity contribution is -0.167. The average molecular weight is 723 g/mol. The summed E-state index contributed by atoms with van der Waals surface area (Å²) in [7, 11) is 0. The van der Waals surface area contributed by atoms with E-state index in [4.69, 9.17) is 14.2 Å². The number of unbranched alkanes of at least 4 members (excludes halogenated alkanes) is 30. The molecule has 1 atom stereocenters. The van der Waals surface area contributed by atoms with Gasteiger partial charge in [0.15, 0.2) is 6.10 Å². The van der Waals surface area contributed by atoms with Gasteiger partial charge < -0.3 is 14.2 Å². The monoisotopic (exact) mass is 723 g/mol. The zero-order valence-electron chi connectivity index (χ0n) is 34.4. The molecule has 0 rings (SSSR count). The molecular formula is C45H86O6.